The van der Waals surface area contributed by atoms with Crippen molar-refractivity contribution in [3.8, 4) is 0 Å². The molecule has 0 N–H and O–H groups in total. The van der Waals surface area contributed by atoms with Gasteiger partial charge in [0.15, 0.2) is 0 Å². The van der Waals surface area contributed by atoms with Gasteiger partial charge in [0.2, 0.25) is 0 Å². The highest BCUT2D eigenvalue weighted by molar-refractivity contribution is 5.98. The summed E-state index contributed by atoms with van der Waals surface area (Å²) in [5.41, 5.74) is 6.71. The summed E-state index contributed by atoms with van der Waals surface area (Å²) in [6, 6.07) is 2.68. The third-order valence-corrected chi connectivity index (χ3v) is 7.31. The van der Waals surface area contributed by atoms with Gasteiger partial charge in [0.05, 0.1) is 34.5 Å². The Kier molecular flexibility index (Phi) is 5.90. The topological polar surface area (TPSA) is 57.0 Å². The van der Waals surface area contributed by atoms with Crippen LogP contribution in [0.15, 0.2) is 54.2 Å². The van der Waals surface area contributed by atoms with Crippen molar-refractivity contribution in [2.75, 3.05) is 27.2 Å². The van der Waals surface area contributed by atoms with Crippen LogP contribution in [-0.2, 0) is 4.79 Å². The second-order valence-corrected chi connectivity index (χ2v) is 9.97. The van der Waals surface area contributed by atoms with Crippen molar-refractivity contribution in [1.29, 1.82) is 0 Å². The third-order valence-electron chi connectivity index (χ3n) is 7.31. The number of piperidine rings is 1. The Balaban J connectivity index is 1.43. The van der Waals surface area contributed by atoms with Crippen LogP contribution >= 0.6 is 0 Å². The maximum absolute atomic E-state index is 13.5. The molecule has 0 radical (unpaired) electrons. The van der Waals surface area contributed by atoms with Gasteiger partial charge in [0.1, 0.15) is 0 Å². The predicted octanol–water partition coefficient (Wildman–Crippen LogP) is 3.92. The molecule has 1 amide bonds. The molecule has 1 fully saturated rings. The van der Waals surface area contributed by atoms with Crippen LogP contribution in [0.4, 0.5) is 0 Å². The van der Waals surface area contributed by atoms with Gasteiger partial charge in [-0.3, -0.25) is 14.7 Å². The van der Waals surface area contributed by atoms with Crippen molar-refractivity contribution in [2.45, 2.75) is 46.1 Å². The number of hydrogen-bond donors (Lipinski definition) is 0. The van der Waals surface area contributed by atoms with E-state index in [-0.39, 0.29) is 11.8 Å². The fraction of sp³-hybridized carbons (Fsp3) is 0.444. The smallest absolute Gasteiger partial charge is 0.255 e. The molecule has 1 saturated heterocycles. The van der Waals surface area contributed by atoms with E-state index in [2.05, 4.69) is 60.1 Å². The number of nitrogens with zero attached hydrogens (tertiary/aromatic N) is 6. The Hall–Kier alpha value is -3.19. The fourth-order valence-corrected chi connectivity index (χ4v) is 5.21. The van der Waals surface area contributed by atoms with Gasteiger partial charge in [-0.2, -0.15) is 5.10 Å². The molecule has 5 heterocycles. The third kappa shape index (κ3) is 4.20. The maximum atomic E-state index is 13.5. The van der Waals surface area contributed by atoms with Crippen molar-refractivity contribution in [1.82, 2.24) is 29.3 Å². The zero-order chi connectivity index (χ0) is 24.0. The lowest BCUT2D eigenvalue weighted by Crippen LogP contribution is -2.42. The second-order valence-electron chi connectivity index (χ2n) is 9.97. The highest BCUT2D eigenvalue weighted by atomic mass is 16.2. The van der Waals surface area contributed by atoms with Gasteiger partial charge in [0.25, 0.3) is 5.91 Å². The van der Waals surface area contributed by atoms with Gasteiger partial charge in [-0.05, 0) is 76.9 Å². The lowest BCUT2D eigenvalue weighted by molar-refractivity contribution is -0.122. The molecule has 3 aliphatic heterocycles. The Bertz CT molecular complexity index is 1240. The number of fused-ring (bicyclic) bond motifs is 2. The van der Waals surface area contributed by atoms with Crippen LogP contribution < -0.4 is 0 Å². The highest BCUT2D eigenvalue weighted by Crippen LogP contribution is 2.32. The van der Waals surface area contributed by atoms with E-state index in [0.717, 1.165) is 71.9 Å². The number of carbonyl (C=O) groups excluding carboxylic acids is 1. The Morgan fingerprint density at radius 3 is 2.56 bits per heavy atom. The van der Waals surface area contributed by atoms with Crippen molar-refractivity contribution in [3.63, 3.8) is 0 Å². The molecule has 0 saturated carbocycles. The summed E-state index contributed by atoms with van der Waals surface area (Å²) in [7, 11) is 4.31. The Labute approximate surface area is 201 Å². The van der Waals surface area contributed by atoms with Crippen molar-refractivity contribution >= 4 is 17.0 Å². The number of allylic oxidation sites excluding steroid dienone is 4. The molecule has 2 aromatic rings. The molecule has 1 atom stereocenters. The van der Waals surface area contributed by atoms with Crippen LogP contribution in [0.25, 0.3) is 11.1 Å². The molecule has 1 unspecified atom stereocenters. The molecule has 5 rings (SSSR count). The lowest BCUT2D eigenvalue weighted by Gasteiger charge is -2.38. The minimum absolute atomic E-state index is 0.0269. The molecule has 0 bridgehead atoms. The van der Waals surface area contributed by atoms with Crippen LogP contribution in [0.1, 0.15) is 43.3 Å². The number of hydrogen-bond acceptors (Lipinski definition) is 5. The van der Waals surface area contributed by atoms with E-state index >= 15 is 0 Å². The molecular weight excluding hydrogens is 424 g/mol. The Morgan fingerprint density at radius 2 is 1.82 bits per heavy atom. The van der Waals surface area contributed by atoms with Crippen LogP contribution in [0.5, 0.6) is 0 Å². The van der Waals surface area contributed by atoms with Crippen LogP contribution in [0, 0.1) is 19.8 Å². The van der Waals surface area contributed by atoms with Gasteiger partial charge < -0.3 is 9.80 Å². The normalized spacial score (nSPS) is 21.9. The zero-order valence-electron chi connectivity index (χ0n) is 20.8. The van der Waals surface area contributed by atoms with Crippen LogP contribution in [0.3, 0.4) is 0 Å². The minimum Gasteiger partial charge on any atom is -0.370 e. The first kappa shape index (κ1) is 22.6. The lowest BCUT2D eigenvalue weighted by atomic mass is 9.92. The van der Waals surface area contributed by atoms with Gasteiger partial charge in [-0.1, -0.05) is 13.0 Å². The summed E-state index contributed by atoms with van der Waals surface area (Å²) in [4.78, 5) is 24.6. The van der Waals surface area contributed by atoms with E-state index < -0.39 is 0 Å². The average Bonchev–Trinajstić information content (AvgIpc) is 3.24. The van der Waals surface area contributed by atoms with Crippen molar-refractivity contribution in [3.05, 3.63) is 71.2 Å². The highest BCUT2D eigenvalue weighted by Gasteiger charge is 2.27. The second kappa shape index (κ2) is 8.87. The molecule has 7 nitrogen and oxygen atoms in total. The summed E-state index contributed by atoms with van der Waals surface area (Å²) in [6.07, 6.45) is 15.2. The summed E-state index contributed by atoms with van der Waals surface area (Å²) >= 11 is 0. The molecule has 34 heavy (non-hydrogen) atoms. The molecule has 3 aliphatic rings. The summed E-state index contributed by atoms with van der Waals surface area (Å²) in [6.45, 7) is 8.14. The summed E-state index contributed by atoms with van der Waals surface area (Å²) in [5, 5.41) is 4.80. The van der Waals surface area contributed by atoms with Gasteiger partial charge >= 0.3 is 0 Å². The molecule has 0 aliphatic carbocycles. The van der Waals surface area contributed by atoms with E-state index in [1.54, 1.807) is 11.0 Å². The first-order chi connectivity index (χ1) is 16.3. The van der Waals surface area contributed by atoms with Gasteiger partial charge in [0, 0.05) is 37.1 Å². The molecule has 178 valence electrons. The minimum atomic E-state index is -0.0269. The van der Waals surface area contributed by atoms with Gasteiger partial charge in [-0.25, -0.2) is 4.52 Å². The van der Waals surface area contributed by atoms with E-state index in [1.807, 2.05) is 30.8 Å². The monoisotopic (exact) mass is 458 g/mol. The number of rotatable bonds is 3. The largest absolute Gasteiger partial charge is 0.370 e. The molecule has 0 aromatic carbocycles. The number of likely N-dealkylation sites (tertiary alicyclic amines) is 1. The number of amides is 1. The standard InChI is InChI=1S/C27H34N6O/c1-18-6-7-22-8-9-23(31-12-10-21(11-13-31)30(4)5)17-32(22)27(34)14-24(18)25-15-26-20(3)28-19(2)16-33(26)29-25/h7-9,14-18,21H,6,10-13H2,1-5H3. The maximum Gasteiger partial charge on any atom is 0.255 e. The summed E-state index contributed by atoms with van der Waals surface area (Å²) in [5.74, 6) is 0.155. The molecule has 7 heteroatoms. The van der Waals surface area contributed by atoms with Crippen LogP contribution in [0.2, 0.25) is 0 Å². The molecular formula is C27H34N6O. The summed E-state index contributed by atoms with van der Waals surface area (Å²) < 4.78 is 1.88. The quantitative estimate of drug-likeness (QED) is 0.698. The van der Waals surface area contributed by atoms with E-state index in [4.69, 9.17) is 5.10 Å². The number of carbonyl (C=O) groups is 1. The van der Waals surface area contributed by atoms with Gasteiger partial charge in [-0.15, -0.1) is 0 Å². The fourth-order valence-electron chi connectivity index (χ4n) is 5.21. The average molecular weight is 459 g/mol. The predicted molar refractivity (Wildman–Crippen MR) is 135 cm³/mol. The first-order valence-electron chi connectivity index (χ1n) is 12.2. The number of aryl methyl sites for hydroxylation is 2. The van der Waals surface area contributed by atoms with E-state index in [0.29, 0.717) is 6.04 Å². The molecule has 0 spiro atoms. The zero-order valence-corrected chi connectivity index (χ0v) is 20.8. The SMILES string of the molecule is Cc1cn2nc(C3=CC(=O)N4C=C(N5CCC(N(C)C)CC5)C=CC4=CCC3C)cc2c(C)n1. The van der Waals surface area contributed by atoms with Crippen molar-refractivity contribution < 1.29 is 4.79 Å². The van der Waals surface area contributed by atoms with Crippen molar-refractivity contribution in [2.24, 2.45) is 5.92 Å². The van der Waals surface area contributed by atoms with E-state index in [9.17, 15) is 4.79 Å². The Morgan fingerprint density at radius 1 is 1.09 bits per heavy atom. The molecule has 2 aromatic heterocycles. The first-order valence-corrected chi connectivity index (χ1v) is 12.2. The van der Waals surface area contributed by atoms with E-state index in [1.165, 1.54) is 0 Å². The van der Waals surface area contributed by atoms with Crippen LogP contribution in [-0.4, -0.2) is 68.4 Å². The number of aromatic nitrogens is 3.